The molecule has 0 saturated carbocycles. The fourth-order valence-corrected chi connectivity index (χ4v) is 3.90. The number of hydrogen-bond donors (Lipinski definition) is 1. The molecule has 0 aliphatic rings. The van der Waals surface area contributed by atoms with Crippen LogP contribution in [0.25, 0.3) is 10.9 Å². The Bertz CT molecular complexity index is 1180. The smallest absolute Gasteiger partial charge is 0.251 e. The summed E-state index contributed by atoms with van der Waals surface area (Å²) in [4.78, 5) is 12.7. The average Bonchev–Trinajstić information content (AvgIpc) is 2.97. The van der Waals surface area contributed by atoms with Crippen molar-refractivity contribution >= 4 is 28.4 Å². The van der Waals surface area contributed by atoms with Crippen LogP contribution < -0.4 is 5.32 Å². The first-order chi connectivity index (χ1) is 14.0. The van der Waals surface area contributed by atoms with Gasteiger partial charge in [0.1, 0.15) is 0 Å². The molecular formula is C25H23ClN2O. The highest BCUT2D eigenvalue weighted by molar-refractivity contribution is 6.30. The number of carbonyl (C=O) groups is 1. The maximum absolute atomic E-state index is 12.7. The van der Waals surface area contributed by atoms with Crippen LogP contribution in [0, 0.1) is 13.8 Å². The predicted octanol–water partition coefficient (Wildman–Crippen LogP) is 5.89. The van der Waals surface area contributed by atoms with Gasteiger partial charge in [0.05, 0.1) is 0 Å². The van der Waals surface area contributed by atoms with Gasteiger partial charge in [0.15, 0.2) is 0 Å². The number of carbonyl (C=O) groups excluding carboxylic acids is 1. The van der Waals surface area contributed by atoms with Crippen molar-refractivity contribution in [3.05, 3.63) is 106 Å². The largest absolute Gasteiger partial charge is 0.348 e. The number of hydrogen-bond acceptors (Lipinski definition) is 1. The molecule has 0 saturated heterocycles. The van der Waals surface area contributed by atoms with Crippen LogP contribution in [0.1, 0.15) is 32.7 Å². The summed E-state index contributed by atoms with van der Waals surface area (Å²) in [6.45, 7) is 5.52. The van der Waals surface area contributed by atoms with Gasteiger partial charge in [-0.1, -0.05) is 54.1 Å². The van der Waals surface area contributed by atoms with Gasteiger partial charge in [-0.05, 0) is 60.9 Å². The molecule has 0 spiro atoms. The molecular weight excluding hydrogens is 380 g/mol. The number of nitrogens with zero attached hydrogens (tertiary/aromatic N) is 1. The molecule has 3 nitrogen and oxygen atoms in total. The van der Waals surface area contributed by atoms with E-state index in [2.05, 4.69) is 48.0 Å². The quantitative estimate of drug-likeness (QED) is 0.443. The molecule has 4 rings (SSSR count). The van der Waals surface area contributed by atoms with E-state index >= 15 is 0 Å². The molecule has 0 unspecified atom stereocenters. The van der Waals surface area contributed by atoms with Crippen LogP contribution in [0.15, 0.2) is 72.8 Å². The van der Waals surface area contributed by atoms with Gasteiger partial charge in [0, 0.05) is 40.3 Å². The molecule has 3 aromatic carbocycles. The Hall–Kier alpha value is -3.04. The fraction of sp³-hybridized carbons (Fsp3) is 0.160. The minimum Gasteiger partial charge on any atom is -0.348 e. The SMILES string of the molecule is Cc1c(C)n(Cc2ccccc2)c2ccc(C(=O)NCc3cccc(Cl)c3)cc12. The summed E-state index contributed by atoms with van der Waals surface area (Å²) in [5.41, 5.74) is 6.49. The van der Waals surface area contributed by atoms with Crippen molar-refractivity contribution in [1.82, 2.24) is 9.88 Å². The summed E-state index contributed by atoms with van der Waals surface area (Å²) in [6, 6.07) is 23.9. The zero-order valence-corrected chi connectivity index (χ0v) is 17.3. The molecule has 146 valence electrons. The Morgan fingerprint density at radius 1 is 0.931 bits per heavy atom. The molecule has 1 amide bonds. The molecule has 1 N–H and O–H groups in total. The molecule has 29 heavy (non-hydrogen) atoms. The zero-order valence-electron chi connectivity index (χ0n) is 16.6. The lowest BCUT2D eigenvalue weighted by molar-refractivity contribution is 0.0951. The third-order valence-electron chi connectivity index (χ3n) is 5.43. The van der Waals surface area contributed by atoms with Gasteiger partial charge in [0.25, 0.3) is 5.91 Å². The minimum absolute atomic E-state index is 0.0836. The normalized spacial score (nSPS) is 11.0. The van der Waals surface area contributed by atoms with Crippen molar-refractivity contribution in [1.29, 1.82) is 0 Å². The number of benzene rings is 3. The Morgan fingerprint density at radius 3 is 2.45 bits per heavy atom. The van der Waals surface area contributed by atoms with E-state index < -0.39 is 0 Å². The highest BCUT2D eigenvalue weighted by atomic mass is 35.5. The number of halogens is 1. The highest BCUT2D eigenvalue weighted by Gasteiger charge is 2.14. The number of nitrogens with one attached hydrogen (secondary N) is 1. The van der Waals surface area contributed by atoms with Crippen LogP contribution in [0.5, 0.6) is 0 Å². The van der Waals surface area contributed by atoms with Crippen LogP contribution in [0.4, 0.5) is 0 Å². The summed E-state index contributed by atoms with van der Waals surface area (Å²) in [7, 11) is 0. The van der Waals surface area contributed by atoms with Crippen molar-refractivity contribution in [2.24, 2.45) is 0 Å². The van der Waals surface area contributed by atoms with E-state index in [1.807, 2.05) is 48.5 Å². The van der Waals surface area contributed by atoms with E-state index in [9.17, 15) is 4.79 Å². The molecule has 4 heteroatoms. The van der Waals surface area contributed by atoms with Crippen LogP contribution in [-0.4, -0.2) is 10.5 Å². The number of amides is 1. The molecule has 4 aromatic rings. The number of aromatic nitrogens is 1. The van der Waals surface area contributed by atoms with E-state index in [1.54, 1.807) is 0 Å². The van der Waals surface area contributed by atoms with Crippen molar-refractivity contribution in [2.75, 3.05) is 0 Å². The van der Waals surface area contributed by atoms with E-state index in [0.717, 1.165) is 23.0 Å². The van der Waals surface area contributed by atoms with Gasteiger partial charge in [0.2, 0.25) is 0 Å². The summed E-state index contributed by atoms with van der Waals surface area (Å²) in [5, 5.41) is 4.77. The monoisotopic (exact) mass is 402 g/mol. The summed E-state index contributed by atoms with van der Waals surface area (Å²) >= 11 is 6.02. The standard InChI is InChI=1S/C25H23ClN2O/c1-17-18(2)28(16-19-7-4-3-5-8-19)24-12-11-21(14-23(17)24)25(29)27-15-20-9-6-10-22(26)13-20/h3-14H,15-16H2,1-2H3,(H,27,29). The van der Waals surface area contributed by atoms with Gasteiger partial charge in [-0.15, -0.1) is 0 Å². The average molecular weight is 403 g/mol. The van der Waals surface area contributed by atoms with Crippen molar-refractivity contribution < 1.29 is 4.79 Å². The third kappa shape index (κ3) is 4.06. The van der Waals surface area contributed by atoms with Gasteiger partial charge in [-0.3, -0.25) is 4.79 Å². The number of rotatable bonds is 5. The maximum atomic E-state index is 12.7. The van der Waals surface area contributed by atoms with Gasteiger partial charge >= 0.3 is 0 Å². The first-order valence-electron chi connectivity index (χ1n) is 9.69. The Kier molecular flexibility index (Phi) is 5.41. The second-order valence-electron chi connectivity index (χ2n) is 7.33. The molecule has 0 fully saturated rings. The van der Waals surface area contributed by atoms with E-state index in [0.29, 0.717) is 17.1 Å². The van der Waals surface area contributed by atoms with Gasteiger partial charge < -0.3 is 9.88 Å². The van der Waals surface area contributed by atoms with Crippen LogP contribution in [0.3, 0.4) is 0 Å². The minimum atomic E-state index is -0.0836. The molecule has 0 bridgehead atoms. The number of fused-ring (bicyclic) bond motifs is 1. The van der Waals surface area contributed by atoms with Crippen LogP contribution in [-0.2, 0) is 13.1 Å². The first kappa shape index (κ1) is 19.3. The van der Waals surface area contributed by atoms with Crippen LogP contribution in [0.2, 0.25) is 5.02 Å². The van der Waals surface area contributed by atoms with Crippen molar-refractivity contribution in [3.8, 4) is 0 Å². The van der Waals surface area contributed by atoms with E-state index in [4.69, 9.17) is 11.6 Å². The Morgan fingerprint density at radius 2 is 1.69 bits per heavy atom. The molecule has 0 radical (unpaired) electrons. The molecule has 0 atom stereocenters. The van der Waals surface area contributed by atoms with E-state index in [1.165, 1.54) is 16.8 Å². The highest BCUT2D eigenvalue weighted by Crippen LogP contribution is 2.27. The molecule has 1 aromatic heterocycles. The van der Waals surface area contributed by atoms with Crippen molar-refractivity contribution in [3.63, 3.8) is 0 Å². The summed E-state index contributed by atoms with van der Waals surface area (Å²) in [5.74, 6) is -0.0836. The predicted molar refractivity (Wildman–Crippen MR) is 120 cm³/mol. The fourth-order valence-electron chi connectivity index (χ4n) is 3.69. The topological polar surface area (TPSA) is 34.0 Å². The zero-order chi connectivity index (χ0) is 20.4. The van der Waals surface area contributed by atoms with Gasteiger partial charge in [-0.2, -0.15) is 0 Å². The second-order valence-corrected chi connectivity index (χ2v) is 7.76. The Labute approximate surface area is 175 Å². The van der Waals surface area contributed by atoms with Crippen LogP contribution >= 0.6 is 11.6 Å². The Balaban J connectivity index is 1.59. The second kappa shape index (κ2) is 8.14. The lowest BCUT2D eigenvalue weighted by Gasteiger charge is -2.09. The van der Waals surface area contributed by atoms with E-state index in [-0.39, 0.29) is 5.91 Å². The molecule has 0 aliphatic carbocycles. The lowest BCUT2D eigenvalue weighted by atomic mass is 10.1. The first-order valence-corrected chi connectivity index (χ1v) is 10.1. The summed E-state index contributed by atoms with van der Waals surface area (Å²) < 4.78 is 2.31. The molecule has 1 heterocycles. The summed E-state index contributed by atoms with van der Waals surface area (Å²) in [6.07, 6.45) is 0. The van der Waals surface area contributed by atoms with Crippen molar-refractivity contribution in [2.45, 2.75) is 26.9 Å². The molecule has 0 aliphatic heterocycles. The third-order valence-corrected chi connectivity index (χ3v) is 5.66. The maximum Gasteiger partial charge on any atom is 0.251 e. The number of aryl methyl sites for hydroxylation is 1. The lowest BCUT2D eigenvalue weighted by Crippen LogP contribution is -2.22. The van der Waals surface area contributed by atoms with Gasteiger partial charge in [-0.25, -0.2) is 0 Å².